The number of hydrogen-bond acceptors (Lipinski definition) is 7. The van der Waals surface area contributed by atoms with E-state index in [2.05, 4.69) is 10.6 Å². The summed E-state index contributed by atoms with van der Waals surface area (Å²) in [6.45, 7) is 3.84. The van der Waals surface area contributed by atoms with Crippen LogP contribution in [0.5, 0.6) is 11.5 Å². The van der Waals surface area contributed by atoms with Crippen molar-refractivity contribution in [2.75, 3.05) is 29.8 Å². The van der Waals surface area contributed by atoms with Gasteiger partial charge in [0.1, 0.15) is 22.1 Å². The summed E-state index contributed by atoms with van der Waals surface area (Å²) in [6.07, 6.45) is 0. The van der Waals surface area contributed by atoms with Gasteiger partial charge in [0.25, 0.3) is 17.7 Å². The molecule has 4 aromatic rings. The Labute approximate surface area is 248 Å². The largest absolute Gasteiger partial charge is 0.497 e. The maximum atomic E-state index is 13.9. The molecule has 0 aromatic heterocycles. The lowest BCUT2D eigenvalue weighted by Crippen LogP contribution is -2.32. The number of benzene rings is 4. The van der Waals surface area contributed by atoms with Crippen molar-refractivity contribution in [2.24, 2.45) is 0 Å². The van der Waals surface area contributed by atoms with Gasteiger partial charge in [-0.05, 0) is 86.1 Å². The average Bonchev–Trinajstić information content (AvgIpc) is 3.21. The Morgan fingerprint density at radius 3 is 2.17 bits per heavy atom. The molecule has 9 heteroatoms. The summed E-state index contributed by atoms with van der Waals surface area (Å²) < 4.78 is 10.7. The predicted octanol–water partition coefficient (Wildman–Crippen LogP) is 6.56. The van der Waals surface area contributed by atoms with E-state index in [1.165, 1.54) is 7.11 Å². The van der Waals surface area contributed by atoms with Gasteiger partial charge in [0.15, 0.2) is 0 Å². The van der Waals surface area contributed by atoms with E-state index in [1.807, 2.05) is 38.1 Å². The van der Waals surface area contributed by atoms with Crippen LogP contribution in [0.1, 0.15) is 21.5 Å². The zero-order valence-corrected chi connectivity index (χ0v) is 24.4. The van der Waals surface area contributed by atoms with E-state index < -0.39 is 11.8 Å². The lowest BCUT2D eigenvalue weighted by atomic mass is 10.1. The second kappa shape index (κ2) is 12.2. The van der Waals surface area contributed by atoms with Crippen molar-refractivity contribution in [3.05, 3.63) is 118 Å². The molecule has 1 aliphatic rings. The van der Waals surface area contributed by atoms with Crippen LogP contribution in [0.3, 0.4) is 0 Å². The maximum absolute atomic E-state index is 13.9. The average molecular weight is 580 g/mol. The van der Waals surface area contributed by atoms with Crippen LogP contribution >= 0.6 is 11.8 Å². The Hall–Kier alpha value is -5.02. The Kier molecular flexibility index (Phi) is 8.31. The van der Waals surface area contributed by atoms with Crippen molar-refractivity contribution in [2.45, 2.75) is 18.7 Å². The first-order valence-corrected chi connectivity index (χ1v) is 13.9. The molecule has 3 amide bonds. The number of ether oxygens (including phenoxy) is 2. The van der Waals surface area contributed by atoms with Crippen molar-refractivity contribution in [3.63, 3.8) is 0 Å². The Balaban J connectivity index is 1.48. The van der Waals surface area contributed by atoms with Crippen LogP contribution in [0.25, 0.3) is 0 Å². The zero-order chi connectivity index (χ0) is 29.8. The molecule has 0 radical (unpaired) electrons. The minimum atomic E-state index is -0.508. The highest BCUT2D eigenvalue weighted by molar-refractivity contribution is 8.04. The second-order valence-corrected chi connectivity index (χ2v) is 10.7. The Bertz CT molecular complexity index is 1700. The highest BCUT2D eigenvalue weighted by Crippen LogP contribution is 2.41. The van der Waals surface area contributed by atoms with Crippen LogP contribution in [0.4, 0.5) is 17.1 Å². The molecule has 1 aliphatic heterocycles. The van der Waals surface area contributed by atoms with Crippen LogP contribution in [0.15, 0.2) is 106 Å². The van der Waals surface area contributed by atoms with Gasteiger partial charge in [-0.3, -0.25) is 14.4 Å². The standard InChI is InChI=1S/C33H29N3O5S/c1-20-8-11-22(12-9-20)31(37)35-24-6-5-7-26(19-24)42-30-29(34-23-13-15-25(40-3)16-14-23)32(38)36(33(30)39)27-18-21(2)10-17-28(27)41-4/h5-19,34H,1-4H3,(H,35,37). The minimum Gasteiger partial charge on any atom is -0.497 e. The molecule has 0 unspecified atom stereocenters. The summed E-state index contributed by atoms with van der Waals surface area (Å²) >= 11 is 1.14. The molecular weight excluding hydrogens is 550 g/mol. The van der Waals surface area contributed by atoms with E-state index >= 15 is 0 Å². The number of nitrogens with zero attached hydrogens (tertiary/aromatic N) is 1. The number of carbonyl (C=O) groups is 3. The number of aryl methyl sites for hydroxylation is 2. The van der Waals surface area contributed by atoms with Crippen molar-refractivity contribution < 1.29 is 23.9 Å². The van der Waals surface area contributed by atoms with Crippen molar-refractivity contribution in [1.29, 1.82) is 0 Å². The predicted molar refractivity (Wildman–Crippen MR) is 165 cm³/mol. The summed E-state index contributed by atoms with van der Waals surface area (Å²) in [5.74, 6) is -0.181. The third-order valence-corrected chi connectivity index (χ3v) is 7.67. The van der Waals surface area contributed by atoms with Crippen molar-refractivity contribution >= 4 is 46.5 Å². The summed E-state index contributed by atoms with van der Waals surface area (Å²) in [5.41, 5.74) is 4.13. The molecule has 0 fully saturated rings. The first-order valence-electron chi connectivity index (χ1n) is 13.1. The van der Waals surface area contributed by atoms with Crippen LogP contribution in [-0.2, 0) is 9.59 Å². The molecule has 2 N–H and O–H groups in total. The van der Waals surface area contributed by atoms with Gasteiger partial charge in [-0.1, -0.05) is 41.6 Å². The first kappa shape index (κ1) is 28.5. The molecule has 0 spiro atoms. The van der Waals surface area contributed by atoms with Crippen LogP contribution in [0, 0.1) is 13.8 Å². The van der Waals surface area contributed by atoms with E-state index in [-0.39, 0.29) is 16.5 Å². The maximum Gasteiger partial charge on any atom is 0.283 e. The number of nitrogens with one attached hydrogen (secondary N) is 2. The van der Waals surface area contributed by atoms with Gasteiger partial charge in [-0.2, -0.15) is 0 Å². The molecular formula is C33H29N3O5S. The first-order chi connectivity index (χ1) is 20.3. The van der Waals surface area contributed by atoms with Crippen molar-refractivity contribution in [3.8, 4) is 11.5 Å². The number of amides is 3. The van der Waals surface area contributed by atoms with Crippen LogP contribution in [-0.4, -0.2) is 31.9 Å². The summed E-state index contributed by atoms with van der Waals surface area (Å²) in [5, 5.41) is 6.05. The number of methoxy groups -OCH3 is 2. The fourth-order valence-corrected chi connectivity index (χ4v) is 5.38. The number of thioether (sulfide) groups is 1. The van der Waals surface area contributed by atoms with Gasteiger partial charge in [0.2, 0.25) is 0 Å². The SMILES string of the molecule is COc1ccc(NC2=C(Sc3cccc(NC(=O)c4ccc(C)cc4)c3)C(=O)N(c3cc(C)ccc3OC)C2=O)cc1. The van der Waals surface area contributed by atoms with E-state index in [1.54, 1.807) is 73.8 Å². The fourth-order valence-electron chi connectivity index (χ4n) is 4.39. The van der Waals surface area contributed by atoms with E-state index in [4.69, 9.17) is 9.47 Å². The number of anilines is 3. The molecule has 212 valence electrons. The highest BCUT2D eigenvalue weighted by atomic mass is 32.2. The zero-order valence-electron chi connectivity index (χ0n) is 23.6. The molecule has 0 aliphatic carbocycles. The quantitative estimate of drug-likeness (QED) is 0.217. The number of imide groups is 1. The third-order valence-electron chi connectivity index (χ3n) is 6.60. The number of rotatable bonds is 9. The summed E-state index contributed by atoms with van der Waals surface area (Å²) in [6, 6.07) is 26.8. The Morgan fingerprint density at radius 1 is 0.762 bits per heavy atom. The number of carbonyl (C=O) groups excluding carboxylic acids is 3. The third kappa shape index (κ3) is 6.01. The number of hydrogen-bond donors (Lipinski definition) is 2. The molecule has 0 atom stereocenters. The van der Waals surface area contributed by atoms with Gasteiger partial charge in [-0.15, -0.1) is 0 Å². The van der Waals surface area contributed by atoms with E-state index in [9.17, 15) is 14.4 Å². The lowest BCUT2D eigenvalue weighted by Gasteiger charge is -2.19. The van der Waals surface area contributed by atoms with Crippen molar-refractivity contribution in [1.82, 2.24) is 0 Å². The minimum absolute atomic E-state index is 0.132. The molecule has 0 bridgehead atoms. The van der Waals surface area contributed by atoms with Gasteiger partial charge in [-0.25, -0.2) is 4.90 Å². The fraction of sp³-hybridized carbons (Fsp3) is 0.121. The van der Waals surface area contributed by atoms with Gasteiger partial charge >= 0.3 is 0 Å². The molecule has 1 heterocycles. The summed E-state index contributed by atoms with van der Waals surface area (Å²) in [4.78, 5) is 42.6. The molecule has 42 heavy (non-hydrogen) atoms. The topological polar surface area (TPSA) is 97.0 Å². The van der Waals surface area contributed by atoms with Crippen LogP contribution in [0.2, 0.25) is 0 Å². The Morgan fingerprint density at radius 2 is 1.48 bits per heavy atom. The van der Waals surface area contributed by atoms with Gasteiger partial charge in [0.05, 0.1) is 19.9 Å². The second-order valence-electron chi connectivity index (χ2n) is 9.63. The monoisotopic (exact) mass is 579 g/mol. The smallest absolute Gasteiger partial charge is 0.283 e. The van der Waals surface area contributed by atoms with Crippen LogP contribution < -0.4 is 25.0 Å². The van der Waals surface area contributed by atoms with E-state index in [0.29, 0.717) is 39.0 Å². The summed E-state index contributed by atoms with van der Waals surface area (Å²) in [7, 11) is 3.07. The molecule has 0 saturated carbocycles. The molecule has 4 aromatic carbocycles. The van der Waals surface area contributed by atoms with Gasteiger partial charge < -0.3 is 20.1 Å². The van der Waals surface area contributed by atoms with Gasteiger partial charge in [0, 0.05) is 21.8 Å². The normalized spacial score (nSPS) is 12.9. The molecule has 0 saturated heterocycles. The highest BCUT2D eigenvalue weighted by Gasteiger charge is 2.41. The molecule has 8 nitrogen and oxygen atoms in total. The van der Waals surface area contributed by atoms with E-state index in [0.717, 1.165) is 27.8 Å². The lowest BCUT2D eigenvalue weighted by molar-refractivity contribution is -0.120. The molecule has 5 rings (SSSR count).